The van der Waals surface area contributed by atoms with Crippen LogP contribution >= 0.6 is 0 Å². The Labute approximate surface area is 135 Å². The first kappa shape index (κ1) is 15.3. The molecule has 4 nitrogen and oxygen atoms in total. The van der Waals surface area contributed by atoms with Crippen molar-refractivity contribution in [2.45, 2.75) is 12.5 Å². The number of para-hydroxylation sites is 1. The van der Waals surface area contributed by atoms with Gasteiger partial charge in [-0.05, 0) is 30.7 Å². The van der Waals surface area contributed by atoms with Crippen LogP contribution in [0.25, 0.3) is 0 Å². The Balaban J connectivity index is 1.94. The fraction of sp³-hybridized carbons (Fsp3) is 0.278. The third-order valence-electron chi connectivity index (χ3n) is 3.65. The van der Waals surface area contributed by atoms with Crippen LogP contribution in [-0.4, -0.2) is 26.0 Å². The molecule has 0 radical (unpaired) electrons. The van der Waals surface area contributed by atoms with Gasteiger partial charge in [0.1, 0.15) is 11.6 Å². The highest BCUT2D eigenvalue weighted by molar-refractivity contribution is 5.88. The van der Waals surface area contributed by atoms with Gasteiger partial charge < -0.3 is 14.8 Å². The maximum atomic E-state index is 14.1. The van der Waals surface area contributed by atoms with E-state index < -0.39 is 11.9 Å². The van der Waals surface area contributed by atoms with Crippen molar-refractivity contribution in [1.29, 1.82) is 0 Å². The van der Waals surface area contributed by atoms with Crippen molar-refractivity contribution >= 4 is 5.84 Å². The van der Waals surface area contributed by atoms with Crippen LogP contribution in [0, 0.1) is 5.82 Å². The summed E-state index contributed by atoms with van der Waals surface area (Å²) in [6.07, 6.45) is 0.511. The molecule has 0 bridgehead atoms. The molecule has 23 heavy (non-hydrogen) atoms. The molecule has 3 rings (SSSR count). The molecule has 1 aliphatic heterocycles. The van der Waals surface area contributed by atoms with E-state index in [1.165, 1.54) is 13.2 Å². The van der Waals surface area contributed by atoms with Gasteiger partial charge in [-0.15, -0.1) is 0 Å². The third kappa shape index (κ3) is 3.62. The van der Waals surface area contributed by atoms with Gasteiger partial charge in [0.05, 0.1) is 7.11 Å². The summed E-state index contributed by atoms with van der Waals surface area (Å²) < 4.78 is 25.1. The summed E-state index contributed by atoms with van der Waals surface area (Å²) >= 11 is 0. The van der Waals surface area contributed by atoms with E-state index in [2.05, 4.69) is 10.3 Å². The molecule has 5 heteroatoms. The minimum absolute atomic E-state index is 0.214. The molecule has 0 saturated carbocycles. The number of methoxy groups -OCH3 is 1. The Hall–Kier alpha value is -2.56. The predicted octanol–water partition coefficient (Wildman–Crippen LogP) is 3.35. The fourth-order valence-electron chi connectivity index (χ4n) is 2.49. The molecule has 1 atom stereocenters. The molecule has 0 amide bonds. The molecule has 1 N–H and O–H groups in total. The van der Waals surface area contributed by atoms with E-state index in [-0.39, 0.29) is 5.75 Å². The van der Waals surface area contributed by atoms with Crippen LogP contribution < -0.4 is 14.8 Å². The molecule has 2 aromatic carbocycles. The van der Waals surface area contributed by atoms with E-state index in [1.54, 1.807) is 12.1 Å². The van der Waals surface area contributed by atoms with E-state index in [1.807, 2.05) is 30.3 Å². The smallest absolute Gasteiger partial charge is 0.180 e. The van der Waals surface area contributed by atoms with Crippen molar-refractivity contribution < 1.29 is 13.9 Å². The lowest BCUT2D eigenvalue weighted by molar-refractivity contribution is 0.266. The molecule has 0 aliphatic carbocycles. The average Bonchev–Trinajstić information content (AvgIpc) is 2.61. The first-order valence-electron chi connectivity index (χ1n) is 7.61. The summed E-state index contributed by atoms with van der Waals surface area (Å²) in [5.74, 6) is 1.24. The molecule has 1 unspecified atom stereocenters. The number of benzene rings is 2. The number of halogens is 1. The molecule has 1 aliphatic rings. The number of aliphatic imine (C=N–C) groups is 1. The Morgan fingerprint density at radius 2 is 2.00 bits per heavy atom. The van der Waals surface area contributed by atoms with Gasteiger partial charge in [-0.1, -0.05) is 24.3 Å². The van der Waals surface area contributed by atoms with Crippen LogP contribution in [0.2, 0.25) is 0 Å². The summed E-state index contributed by atoms with van der Waals surface area (Å²) in [4.78, 5) is 4.50. The molecular formula is C18H19FN2O2. The van der Waals surface area contributed by atoms with Crippen molar-refractivity contribution in [2.75, 3.05) is 20.2 Å². The van der Waals surface area contributed by atoms with E-state index in [0.717, 1.165) is 25.3 Å². The second kappa shape index (κ2) is 7.13. The number of amidine groups is 1. The normalized spacial score (nSPS) is 15.3. The highest BCUT2D eigenvalue weighted by Crippen LogP contribution is 2.27. The lowest BCUT2D eigenvalue weighted by atomic mass is 10.1. The lowest BCUT2D eigenvalue weighted by Crippen LogP contribution is -2.36. The summed E-state index contributed by atoms with van der Waals surface area (Å²) in [5, 5.41) is 3.26. The summed E-state index contributed by atoms with van der Waals surface area (Å²) in [6.45, 7) is 1.59. The zero-order valence-corrected chi connectivity index (χ0v) is 13.0. The Bertz CT molecular complexity index is 689. The van der Waals surface area contributed by atoms with Crippen molar-refractivity contribution in [1.82, 2.24) is 5.32 Å². The summed E-state index contributed by atoms with van der Waals surface area (Å²) in [7, 11) is 1.45. The summed E-state index contributed by atoms with van der Waals surface area (Å²) in [5.41, 5.74) is 0.695. The van der Waals surface area contributed by atoms with Crippen molar-refractivity contribution in [3.63, 3.8) is 0 Å². The van der Waals surface area contributed by atoms with Crippen LogP contribution in [0.1, 0.15) is 18.1 Å². The van der Waals surface area contributed by atoms with Gasteiger partial charge in [0.2, 0.25) is 0 Å². The van der Waals surface area contributed by atoms with Gasteiger partial charge in [0.15, 0.2) is 17.7 Å². The van der Waals surface area contributed by atoms with E-state index >= 15 is 0 Å². The minimum atomic E-state index is -0.474. The second-order valence-electron chi connectivity index (χ2n) is 5.25. The molecule has 1 heterocycles. The molecule has 2 aromatic rings. The van der Waals surface area contributed by atoms with Crippen molar-refractivity contribution in [3.05, 3.63) is 59.9 Å². The third-order valence-corrected chi connectivity index (χ3v) is 3.65. The average molecular weight is 314 g/mol. The predicted molar refractivity (Wildman–Crippen MR) is 87.7 cm³/mol. The van der Waals surface area contributed by atoms with Crippen LogP contribution in [0.15, 0.2) is 53.5 Å². The molecule has 120 valence electrons. The topological polar surface area (TPSA) is 42.9 Å². The number of ether oxygens (including phenoxy) is 2. The molecule has 0 fully saturated rings. The van der Waals surface area contributed by atoms with Crippen LogP contribution in [-0.2, 0) is 0 Å². The minimum Gasteiger partial charge on any atom is -0.494 e. The zero-order valence-electron chi connectivity index (χ0n) is 13.0. The Morgan fingerprint density at radius 1 is 1.17 bits per heavy atom. The SMILES string of the molecule is COc1ccc(C(Oc2ccccc2)C2=NCCCN2)cc1F. The van der Waals surface area contributed by atoms with Crippen molar-refractivity contribution in [2.24, 2.45) is 4.99 Å². The molecule has 0 aromatic heterocycles. The van der Waals surface area contributed by atoms with Gasteiger partial charge in [0.25, 0.3) is 0 Å². The van der Waals surface area contributed by atoms with Crippen LogP contribution in [0.4, 0.5) is 4.39 Å². The molecule has 0 saturated heterocycles. The van der Waals surface area contributed by atoms with Gasteiger partial charge >= 0.3 is 0 Å². The lowest BCUT2D eigenvalue weighted by Gasteiger charge is -2.25. The maximum Gasteiger partial charge on any atom is 0.180 e. The first-order chi connectivity index (χ1) is 11.3. The standard InChI is InChI=1S/C18H19FN2O2/c1-22-16-9-8-13(12-15(16)19)17(18-20-10-5-11-21-18)23-14-6-3-2-4-7-14/h2-4,6-9,12,17H,5,10-11H2,1H3,(H,20,21). The molecular weight excluding hydrogens is 295 g/mol. The number of nitrogens with one attached hydrogen (secondary N) is 1. The van der Waals surface area contributed by atoms with Gasteiger partial charge in [-0.2, -0.15) is 0 Å². The Morgan fingerprint density at radius 3 is 2.65 bits per heavy atom. The molecule has 0 spiro atoms. The maximum absolute atomic E-state index is 14.1. The largest absolute Gasteiger partial charge is 0.494 e. The van der Waals surface area contributed by atoms with Gasteiger partial charge in [-0.3, -0.25) is 4.99 Å². The van der Waals surface area contributed by atoms with Gasteiger partial charge in [-0.25, -0.2) is 4.39 Å². The van der Waals surface area contributed by atoms with E-state index in [0.29, 0.717) is 11.3 Å². The number of nitrogens with zero attached hydrogens (tertiary/aromatic N) is 1. The van der Waals surface area contributed by atoms with Crippen molar-refractivity contribution in [3.8, 4) is 11.5 Å². The fourth-order valence-corrected chi connectivity index (χ4v) is 2.49. The Kier molecular flexibility index (Phi) is 4.76. The first-order valence-corrected chi connectivity index (χ1v) is 7.61. The van der Waals surface area contributed by atoms with E-state index in [9.17, 15) is 4.39 Å². The monoisotopic (exact) mass is 314 g/mol. The quantitative estimate of drug-likeness (QED) is 0.920. The summed E-state index contributed by atoms with van der Waals surface area (Å²) in [6, 6.07) is 14.3. The highest BCUT2D eigenvalue weighted by Gasteiger charge is 2.23. The van der Waals surface area contributed by atoms with Crippen LogP contribution in [0.5, 0.6) is 11.5 Å². The second-order valence-corrected chi connectivity index (χ2v) is 5.25. The number of hydrogen-bond donors (Lipinski definition) is 1. The van der Waals surface area contributed by atoms with E-state index in [4.69, 9.17) is 9.47 Å². The highest BCUT2D eigenvalue weighted by atomic mass is 19.1. The van der Waals surface area contributed by atoms with Crippen LogP contribution in [0.3, 0.4) is 0 Å². The number of rotatable bonds is 5. The zero-order chi connectivity index (χ0) is 16.1. The number of hydrogen-bond acceptors (Lipinski definition) is 4. The van der Waals surface area contributed by atoms with Gasteiger partial charge in [0, 0.05) is 18.7 Å².